The monoisotopic (exact) mass is 340 g/mol. The molecule has 0 unspecified atom stereocenters. The van der Waals surface area contributed by atoms with Crippen LogP contribution in [0.3, 0.4) is 0 Å². The molecular formula is C15H14F2N2O3S. The van der Waals surface area contributed by atoms with E-state index < -0.39 is 26.6 Å². The van der Waals surface area contributed by atoms with Crippen molar-refractivity contribution in [3.8, 4) is 0 Å². The summed E-state index contributed by atoms with van der Waals surface area (Å²) in [7, 11) is -1.10. The fourth-order valence-corrected chi connectivity index (χ4v) is 2.98. The van der Waals surface area contributed by atoms with Crippen LogP contribution in [0.25, 0.3) is 0 Å². The summed E-state index contributed by atoms with van der Waals surface area (Å²) >= 11 is 0. The minimum atomic E-state index is -4.28. The molecule has 0 saturated carbocycles. The van der Waals surface area contributed by atoms with Crippen LogP contribution in [0.2, 0.25) is 0 Å². The fourth-order valence-electron chi connectivity index (χ4n) is 1.83. The SMILES string of the molecule is CN(C)C(=O)c1ccc(NS(=O)(=O)c2cc(F)ccc2F)cc1. The number of hydrogen-bond acceptors (Lipinski definition) is 3. The minimum absolute atomic E-state index is 0.129. The Balaban J connectivity index is 2.27. The molecule has 23 heavy (non-hydrogen) atoms. The summed E-state index contributed by atoms with van der Waals surface area (Å²) in [5.41, 5.74) is 0.499. The lowest BCUT2D eigenvalue weighted by Crippen LogP contribution is -2.21. The number of halogens is 2. The number of amides is 1. The Morgan fingerprint density at radius 2 is 1.65 bits per heavy atom. The molecule has 0 aromatic heterocycles. The van der Waals surface area contributed by atoms with Crippen molar-refractivity contribution in [1.29, 1.82) is 0 Å². The summed E-state index contributed by atoms with van der Waals surface area (Å²) in [5.74, 6) is -2.16. The van der Waals surface area contributed by atoms with Crippen LogP contribution in [-0.2, 0) is 10.0 Å². The Hall–Kier alpha value is -2.48. The topological polar surface area (TPSA) is 66.5 Å². The molecule has 5 nitrogen and oxygen atoms in total. The number of benzene rings is 2. The van der Waals surface area contributed by atoms with E-state index in [-0.39, 0.29) is 11.6 Å². The molecule has 0 aliphatic carbocycles. The summed E-state index contributed by atoms with van der Waals surface area (Å²) < 4.78 is 53.1. The highest BCUT2D eigenvalue weighted by Crippen LogP contribution is 2.20. The number of rotatable bonds is 4. The van der Waals surface area contributed by atoms with E-state index in [1.807, 2.05) is 0 Å². The maximum absolute atomic E-state index is 13.6. The highest BCUT2D eigenvalue weighted by molar-refractivity contribution is 7.92. The van der Waals surface area contributed by atoms with Crippen LogP contribution in [0.15, 0.2) is 47.4 Å². The number of carbonyl (C=O) groups excluding carboxylic acids is 1. The standard InChI is InChI=1S/C15H14F2N2O3S/c1-19(2)15(20)10-3-6-12(7-4-10)18-23(21,22)14-9-11(16)5-8-13(14)17/h3-9,18H,1-2H3. The third-order valence-corrected chi connectivity index (χ3v) is 4.37. The first kappa shape index (κ1) is 16.9. The zero-order valence-electron chi connectivity index (χ0n) is 12.4. The smallest absolute Gasteiger partial charge is 0.264 e. The molecule has 1 amide bonds. The van der Waals surface area contributed by atoms with E-state index in [0.717, 1.165) is 12.1 Å². The van der Waals surface area contributed by atoms with Crippen molar-refractivity contribution in [1.82, 2.24) is 4.90 Å². The first-order chi connectivity index (χ1) is 10.7. The van der Waals surface area contributed by atoms with Gasteiger partial charge in [0.05, 0.1) is 0 Å². The first-order valence-corrected chi connectivity index (χ1v) is 7.98. The number of nitrogens with one attached hydrogen (secondary N) is 1. The summed E-state index contributed by atoms with van der Waals surface area (Å²) in [6.45, 7) is 0. The number of anilines is 1. The molecule has 0 aliphatic heterocycles. The van der Waals surface area contributed by atoms with Gasteiger partial charge in [0.2, 0.25) is 0 Å². The lowest BCUT2D eigenvalue weighted by molar-refractivity contribution is 0.0827. The first-order valence-electron chi connectivity index (χ1n) is 6.50. The summed E-state index contributed by atoms with van der Waals surface area (Å²) in [6.07, 6.45) is 0. The van der Waals surface area contributed by atoms with Crippen molar-refractivity contribution < 1.29 is 22.0 Å². The van der Waals surface area contributed by atoms with E-state index in [9.17, 15) is 22.0 Å². The Morgan fingerprint density at radius 1 is 1.04 bits per heavy atom. The van der Waals surface area contributed by atoms with Crippen molar-refractivity contribution in [2.75, 3.05) is 18.8 Å². The van der Waals surface area contributed by atoms with Crippen molar-refractivity contribution in [2.24, 2.45) is 0 Å². The largest absolute Gasteiger partial charge is 0.345 e. The van der Waals surface area contributed by atoms with E-state index in [4.69, 9.17) is 0 Å². The van der Waals surface area contributed by atoms with Gasteiger partial charge < -0.3 is 4.90 Å². The highest BCUT2D eigenvalue weighted by atomic mass is 32.2. The van der Waals surface area contributed by atoms with E-state index in [2.05, 4.69) is 4.72 Å². The average Bonchev–Trinajstić information content (AvgIpc) is 2.49. The number of hydrogen-bond donors (Lipinski definition) is 1. The highest BCUT2D eigenvalue weighted by Gasteiger charge is 2.20. The molecule has 0 aliphatic rings. The van der Waals surface area contributed by atoms with Crippen LogP contribution in [0.5, 0.6) is 0 Å². The molecule has 0 spiro atoms. The van der Waals surface area contributed by atoms with Gasteiger partial charge in [-0.1, -0.05) is 0 Å². The van der Waals surface area contributed by atoms with Crippen LogP contribution in [0.1, 0.15) is 10.4 Å². The Morgan fingerprint density at radius 3 is 2.22 bits per heavy atom. The predicted octanol–water partition coefficient (Wildman–Crippen LogP) is 2.47. The zero-order chi connectivity index (χ0) is 17.2. The lowest BCUT2D eigenvalue weighted by atomic mass is 10.2. The molecule has 2 aromatic rings. The molecule has 2 rings (SSSR count). The molecule has 0 bridgehead atoms. The maximum Gasteiger partial charge on any atom is 0.264 e. The summed E-state index contributed by atoms with van der Waals surface area (Å²) in [5, 5.41) is 0. The third-order valence-electron chi connectivity index (χ3n) is 2.97. The number of nitrogens with zero attached hydrogens (tertiary/aromatic N) is 1. The van der Waals surface area contributed by atoms with Crippen LogP contribution in [-0.4, -0.2) is 33.3 Å². The second kappa shape index (κ2) is 6.33. The van der Waals surface area contributed by atoms with E-state index in [1.54, 1.807) is 14.1 Å². The normalized spacial score (nSPS) is 11.1. The molecule has 8 heteroatoms. The Bertz CT molecular complexity index is 834. The van der Waals surface area contributed by atoms with Crippen molar-refractivity contribution >= 4 is 21.6 Å². The van der Waals surface area contributed by atoms with Gasteiger partial charge in [-0.2, -0.15) is 0 Å². The third kappa shape index (κ3) is 3.84. The molecule has 0 fully saturated rings. The van der Waals surface area contributed by atoms with Gasteiger partial charge in [-0.15, -0.1) is 0 Å². The molecule has 0 radical (unpaired) electrons. The van der Waals surface area contributed by atoms with Crippen LogP contribution >= 0.6 is 0 Å². The van der Waals surface area contributed by atoms with Gasteiger partial charge in [-0.25, -0.2) is 17.2 Å². The maximum atomic E-state index is 13.6. The Kier molecular flexibility index (Phi) is 4.65. The predicted molar refractivity (Wildman–Crippen MR) is 81.6 cm³/mol. The van der Waals surface area contributed by atoms with Crippen LogP contribution < -0.4 is 4.72 Å². The van der Waals surface area contributed by atoms with Crippen LogP contribution in [0.4, 0.5) is 14.5 Å². The van der Waals surface area contributed by atoms with Gasteiger partial charge in [0.25, 0.3) is 15.9 Å². The molecule has 0 saturated heterocycles. The lowest BCUT2D eigenvalue weighted by Gasteiger charge is -2.12. The fraction of sp³-hybridized carbons (Fsp3) is 0.133. The van der Waals surface area contributed by atoms with E-state index in [1.165, 1.54) is 29.2 Å². The van der Waals surface area contributed by atoms with Gasteiger partial charge in [0, 0.05) is 25.3 Å². The molecular weight excluding hydrogens is 326 g/mol. The van der Waals surface area contributed by atoms with Crippen molar-refractivity contribution in [2.45, 2.75) is 4.90 Å². The molecule has 0 atom stereocenters. The Labute approximate surface area is 132 Å². The minimum Gasteiger partial charge on any atom is -0.345 e. The summed E-state index contributed by atoms with van der Waals surface area (Å²) in [4.78, 5) is 12.3. The molecule has 0 heterocycles. The van der Waals surface area contributed by atoms with Gasteiger partial charge in [0.15, 0.2) is 0 Å². The van der Waals surface area contributed by atoms with E-state index in [0.29, 0.717) is 11.6 Å². The van der Waals surface area contributed by atoms with Gasteiger partial charge in [0.1, 0.15) is 16.5 Å². The second-order valence-corrected chi connectivity index (χ2v) is 6.61. The van der Waals surface area contributed by atoms with Crippen molar-refractivity contribution in [3.63, 3.8) is 0 Å². The van der Waals surface area contributed by atoms with Gasteiger partial charge in [-0.3, -0.25) is 9.52 Å². The summed E-state index contributed by atoms with van der Waals surface area (Å²) in [6, 6.07) is 7.77. The quantitative estimate of drug-likeness (QED) is 0.930. The van der Waals surface area contributed by atoms with Gasteiger partial charge in [-0.05, 0) is 42.5 Å². The van der Waals surface area contributed by atoms with Crippen molar-refractivity contribution in [3.05, 3.63) is 59.7 Å². The second-order valence-electron chi connectivity index (χ2n) is 4.96. The molecule has 122 valence electrons. The number of sulfonamides is 1. The van der Waals surface area contributed by atoms with Gasteiger partial charge >= 0.3 is 0 Å². The van der Waals surface area contributed by atoms with Crippen LogP contribution in [0, 0.1) is 11.6 Å². The number of carbonyl (C=O) groups is 1. The molecule has 2 aromatic carbocycles. The van der Waals surface area contributed by atoms with E-state index >= 15 is 0 Å². The zero-order valence-corrected chi connectivity index (χ0v) is 13.2. The molecule has 1 N–H and O–H groups in total. The average molecular weight is 340 g/mol.